The zero-order valence-corrected chi connectivity index (χ0v) is 18.5. The molecule has 9 heteroatoms. The van der Waals surface area contributed by atoms with Crippen molar-refractivity contribution in [2.45, 2.75) is 19.4 Å². The lowest BCUT2D eigenvalue weighted by Gasteiger charge is -2.21. The van der Waals surface area contributed by atoms with Crippen molar-refractivity contribution in [2.24, 2.45) is 5.10 Å². The number of carbonyl (C=O) groups is 1. The van der Waals surface area contributed by atoms with Crippen LogP contribution in [0, 0.1) is 0 Å². The SMILES string of the molecule is CCOc1ccc(C2CC(c3ccccc3NS(C)(=O)=O)=NN2C(=O)c2ccco2)cc1. The monoisotopic (exact) mass is 453 g/mol. The maximum absolute atomic E-state index is 13.1. The van der Waals surface area contributed by atoms with Gasteiger partial charge in [-0.1, -0.05) is 30.3 Å². The molecule has 3 aromatic rings. The number of furan rings is 1. The molecule has 1 atom stereocenters. The zero-order chi connectivity index (χ0) is 22.7. The minimum absolute atomic E-state index is 0.175. The lowest BCUT2D eigenvalue weighted by molar-refractivity contribution is 0.0678. The highest BCUT2D eigenvalue weighted by Crippen LogP contribution is 2.36. The van der Waals surface area contributed by atoms with Gasteiger partial charge in [0.15, 0.2) is 5.76 Å². The lowest BCUT2D eigenvalue weighted by Crippen LogP contribution is -2.26. The molecule has 0 saturated heterocycles. The van der Waals surface area contributed by atoms with E-state index in [1.807, 2.05) is 31.2 Å². The average Bonchev–Trinajstić information content (AvgIpc) is 3.44. The number of hydrogen-bond acceptors (Lipinski definition) is 6. The quantitative estimate of drug-likeness (QED) is 0.582. The topological polar surface area (TPSA) is 101 Å². The second-order valence-corrected chi connectivity index (χ2v) is 9.06. The molecule has 166 valence electrons. The molecule has 4 rings (SSSR count). The maximum atomic E-state index is 13.1. The molecular weight excluding hydrogens is 430 g/mol. The summed E-state index contributed by atoms with van der Waals surface area (Å²) in [4.78, 5) is 13.1. The Balaban J connectivity index is 1.72. The van der Waals surface area contributed by atoms with E-state index in [-0.39, 0.29) is 17.7 Å². The average molecular weight is 454 g/mol. The summed E-state index contributed by atoms with van der Waals surface area (Å²) in [6.07, 6.45) is 2.93. The Bertz CT molecular complexity index is 1230. The third-order valence-corrected chi connectivity index (χ3v) is 5.55. The van der Waals surface area contributed by atoms with Crippen molar-refractivity contribution < 1.29 is 22.4 Å². The van der Waals surface area contributed by atoms with Crippen molar-refractivity contribution in [3.63, 3.8) is 0 Å². The van der Waals surface area contributed by atoms with Crippen LogP contribution in [0.15, 0.2) is 76.4 Å². The van der Waals surface area contributed by atoms with Crippen molar-refractivity contribution >= 4 is 27.3 Å². The summed E-state index contributed by atoms with van der Waals surface area (Å²) in [6.45, 7) is 2.47. The molecule has 1 N–H and O–H groups in total. The van der Waals surface area contributed by atoms with Gasteiger partial charge in [0.2, 0.25) is 10.0 Å². The van der Waals surface area contributed by atoms with Gasteiger partial charge in [0.25, 0.3) is 0 Å². The molecule has 0 bridgehead atoms. The van der Waals surface area contributed by atoms with E-state index >= 15 is 0 Å². The van der Waals surface area contributed by atoms with Crippen LogP contribution in [0.3, 0.4) is 0 Å². The van der Waals surface area contributed by atoms with E-state index in [9.17, 15) is 13.2 Å². The molecule has 0 aliphatic carbocycles. The molecule has 8 nitrogen and oxygen atoms in total. The summed E-state index contributed by atoms with van der Waals surface area (Å²) in [7, 11) is -3.48. The number of rotatable bonds is 7. The number of nitrogens with one attached hydrogen (secondary N) is 1. The van der Waals surface area contributed by atoms with Crippen LogP contribution in [0.25, 0.3) is 0 Å². The summed E-state index contributed by atoms with van der Waals surface area (Å²) in [5.74, 6) is 0.535. The molecule has 1 aliphatic rings. The number of benzene rings is 2. The number of nitrogens with zero attached hydrogens (tertiary/aromatic N) is 2. The van der Waals surface area contributed by atoms with E-state index in [1.165, 1.54) is 11.3 Å². The molecular formula is C23H23N3O5S. The molecule has 0 radical (unpaired) electrons. The van der Waals surface area contributed by atoms with E-state index in [4.69, 9.17) is 9.15 Å². The third kappa shape index (κ3) is 4.67. The Morgan fingerprint density at radius 2 is 1.91 bits per heavy atom. The molecule has 0 spiro atoms. The number of sulfonamides is 1. The summed E-state index contributed by atoms with van der Waals surface area (Å²) in [6, 6.07) is 17.3. The Morgan fingerprint density at radius 1 is 1.16 bits per heavy atom. The first-order valence-electron chi connectivity index (χ1n) is 10.1. The van der Waals surface area contributed by atoms with Gasteiger partial charge in [-0.05, 0) is 42.8 Å². The summed E-state index contributed by atoms with van der Waals surface area (Å²) in [5, 5.41) is 5.99. The summed E-state index contributed by atoms with van der Waals surface area (Å²) >= 11 is 0. The molecule has 0 fully saturated rings. The van der Waals surface area contributed by atoms with Crippen molar-refractivity contribution in [2.75, 3.05) is 17.6 Å². The van der Waals surface area contributed by atoms with Crippen molar-refractivity contribution in [3.8, 4) is 5.75 Å². The number of carbonyl (C=O) groups excluding carboxylic acids is 1. The van der Waals surface area contributed by atoms with Crippen molar-refractivity contribution in [1.29, 1.82) is 0 Å². The number of hydrazone groups is 1. The molecule has 1 unspecified atom stereocenters. The first-order chi connectivity index (χ1) is 15.4. The molecule has 2 aromatic carbocycles. The summed E-state index contributed by atoms with van der Waals surface area (Å²) in [5.41, 5.74) is 2.49. The van der Waals surface area contributed by atoms with Gasteiger partial charge in [0, 0.05) is 12.0 Å². The van der Waals surface area contributed by atoms with Crippen LogP contribution < -0.4 is 9.46 Å². The van der Waals surface area contributed by atoms with E-state index in [0.29, 0.717) is 30.0 Å². The van der Waals surface area contributed by atoms with E-state index in [2.05, 4.69) is 9.82 Å². The maximum Gasteiger partial charge on any atom is 0.310 e. The van der Waals surface area contributed by atoms with Crippen molar-refractivity contribution in [3.05, 3.63) is 83.8 Å². The van der Waals surface area contributed by atoms with Crippen LogP contribution in [-0.4, -0.2) is 37.9 Å². The fraction of sp³-hybridized carbons (Fsp3) is 0.217. The van der Waals surface area contributed by atoms with E-state index < -0.39 is 10.0 Å². The Morgan fingerprint density at radius 3 is 2.56 bits per heavy atom. The predicted octanol–water partition coefficient (Wildman–Crippen LogP) is 4.04. The normalized spacial score (nSPS) is 16.0. The number of ether oxygens (including phenoxy) is 1. The molecule has 32 heavy (non-hydrogen) atoms. The minimum Gasteiger partial charge on any atom is -0.494 e. The second kappa shape index (κ2) is 8.88. The molecule has 2 heterocycles. The fourth-order valence-electron chi connectivity index (χ4n) is 3.61. The highest BCUT2D eigenvalue weighted by molar-refractivity contribution is 7.92. The number of para-hydroxylation sites is 1. The lowest BCUT2D eigenvalue weighted by atomic mass is 9.97. The smallest absolute Gasteiger partial charge is 0.310 e. The van der Waals surface area contributed by atoms with Gasteiger partial charge in [-0.15, -0.1) is 0 Å². The Hall–Kier alpha value is -3.59. The highest BCUT2D eigenvalue weighted by Gasteiger charge is 2.35. The van der Waals surface area contributed by atoms with Gasteiger partial charge in [-0.2, -0.15) is 5.10 Å². The van der Waals surface area contributed by atoms with Crippen LogP contribution in [0.2, 0.25) is 0 Å². The van der Waals surface area contributed by atoms with Gasteiger partial charge in [-0.25, -0.2) is 13.4 Å². The number of anilines is 1. The van der Waals surface area contributed by atoms with E-state index in [1.54, 1.807) is 36.4 Å². The highest BCUT2D eigenvalue weighted by atomic mass is 32.2. The second-order valence-electron chi connectivity index (χ2n) is 7.32. The fourth-order valence-corrected chi connectivity index (χ4v) is 4.19. The largest absolute Gasteiger partial charge is 0.494 e. The van der Waals surface area contributed by atoms with Gasteiger partial charge >= 0.3 is 5.91 Å². The van der Waals surface area contributed by atoms with Crippen LogP contribution in [0.4, 0.5) is 5.69 Å². The minimum atomic E-state index is -3.48. The first-order valence-corrected chi connectivity index (χ1v) is 12.0. The molecule has 1 amide bonds. The summed E-state index contributed by atoms with van der Waals surface area (Å²) < 4.78 is 37.0. The van der Waals surface area contributed by atoms with E-state index in [0.717, 1.165) is 17.6 Å². The van der Waals surface area contributed by atoms with Crippen molar-refractivity contribution in [1.82, 2.24) is 5.01 Å². The molecule has 1 aliphatic heterocycles. The van der Waals surface area contributed by atoms with Gasteiger partial charge in [-0.3, -0.25) is 9.52 Å². The van der Waals surface area contributed by atoms with Crippen LogP contribution in [-0.2, 0) is 10.0 Å². The number of hydrogen-bond donors (Lipinski definition) is 1. The molecule has 0 saturated carbocycles. The predicted molar refractivity (Wildman–Crippen MR) is 121 cm³/mol. The van der Waals surface area contributed by atoms with Gasteiger partial charge in [0.1, 0.15) is 5.75 Å². The standard InChI is InChI=1S/C23H23N3O5S/c1-3-30-17-12-10-16(11-13-17)21-15-20(24-26(21)23(27)22-9-6-14-31-22)18-7-4-5-8-19(18)25-32(2,28)29/h4-14,21,25H,3,15H2,1-2H3. The number of amides is 1. The van der Waals surface area contributed by atoms with Crippen LogP contribution >= 0.6 is 0 Å². The third-order valence-electron chi connectivity index (χ3n) is 4.96. The Kier molecular flexibility index (Phi) is 6.00. The zero-order valence-electron chi connectivity index (χ0n) is 17.7. The van der Waals surface area contributed by atoms with Gasteiger partial charge < -0.3 is 9.15 Å². The first kappa shape index (κ1) is 21.6. The van der Waals surface area contributed by atoms with Gasteiger partial charge in [0.05, 0.1) is 36.6 Å². The van der Waals surface area contributed by atoms with Crippen LogP contribution in [0.1, 0.15) is 41.1 Å². The Labute approximate surface area is 186 Å². The molecule has 1 aromatic heterocycles. The van der Waals surface area contributed by atoms with Crippen LogP contribution in [0.5, 0.6) is 5.75 Å².